The van der Waals surface area contributed by atoms with E-state index < -0.39 is 5.97 Å². The molecule has 2 nitrogen and oxygen atoms in total. The van der Waals surface area contributed by atoms with E-state index in [0.717, 1.165) is 6.42 Å². The maximum Gasteiger partial charge on any atom is 0.303 e. The molecule has 0 aromatic heterocycles. The number of carboxylic acid groups (broad SMARTS) is 1. The highest BCUT2D eigenvalue weighted by molar-refractivity contribution is 5.67. The number of aliphatic carboxylic acids is 1. The Labute approximate surface area is 109 Å². The number of unbranched alkanes of at least 4 members (excludes halogenated alkanes) is 1. The largest absolute Gasteiger partial charge is 0.481 e. The van der Waals surface area contributed by atoms with Gasteiger partial charge in [0.1, 0.15) is 0 Å². The quantitative estimate of drug-likeness (QED) is 0.752. The molecule has 0 atom stereocenters. The number of carbonyl (C=O) groups is 1. The molecule has 1 aromatic carbocycles. The van der Waals surface area contributed by atoms with Gasteiger partial charge in [0.05, 0.1) is 0 Å². The molecule has 2 heteroatoms. The van der Waals surface area contributed by atoms with Crippen molar-refractivity contribution < 1.29 is 9.90 Å². The van der Waals surface area contributed by atoms with E-state index in [2.05, 4.69) is 51.1 Å². The van der Waals surface area contributed by atoms with Crippen LogP contribution in [0.25, 0.3) is 5.57 Å². The van der Waals surface area contributed by atoms with Crippen LogP contribution in [-0.4, -0.2) is 11.1 Å². The van der Waals surface area contributed by atoms with Gasteiger partial charge in [-0.05, 0) is 42.4 Å². The van der Waals surface area contributed by atoms with Crippen molar-refractivity contribution in [2.24, 2.45) is 0 Å². The lowest BCUT2D eigenvalue weighted by molar-refractivity contribution is -0.137. The number of rotatable bonds is 6. The van der Waals surface area contributed by atoms with Gasteiger partial charge in [-0.25, -0.2) is 0 Å². The summed E-state index contributed by atoms with van der Waals surface area (Å²) in [6, 6.07) is 8.60. The fourth-order valence-electron chi connectivity index (χ4n) is 1.82. The number of allylic oxidation sites excluding steroid dienone is 2. The van der Waals surface area contributed by atoms with Crippen LogP contribution in [0.15, 0.2) is 30.3 Å². The summed E-state index contributed by atoms with van der Waals surface area (Å²) in [5.41, 5.74) is 3.78. The zero-order valence-electron chi connectivity index (χ0n) is 11.4. The minimum Gasteiger partial charge on any atom is -0.481 e. The molecule has 0 fully saturated rings. The van der Waals surface area contributed by atoms with Crippen molar-refractivity contribution in [3.63, 3.8) is 0 Å². The number of hydrogen-bond acceptors (Lipinski definition) is 1. The standard InChI is InChI=1S/C16H22O2/c1-12(2)14-8-10-15(11-9-14)13(3)6-4-5-7-16(17)18/h6,8-12H,4-5,7H2,1-3H3,(H,17,18)/b13-6+. The first-order chi connectivity index (χ1) is 8.50. The summed E-state index contributed by atoms with van der Waals surface area (Å²) in [6.45, 7) is 6.44. The number of benzene rings is 1. The van der Waals surface area contributed by atoms with Crippen molar-refractivity contribution in [3.8, 4) is 0 Å². The smallest absolute Gasteiger partial charge is 0.303 e. The lowest BCUT2D eigenvalue weighted by atomic mass is 9.99. The average Bonchev–Trinajstić information content (AvgIpc) is 2.34. The molecule has 0 bridgehead atoms. The summed E-state index contributed by atoms with van der Waals surface area (Å²) in [4.78, 5) is 10.4. The van der Waals surface area contributed by atoms with Gasteiger partial charge in [0, 0.05) is 6.42 Å². The van der Waals surface area contributed by atoms with E-state index in [-0.39, 0.29) is 6.42 Å². The van der Waals surface area contributed by atoms with Crippen molar-refractivity contribution in [2.75, 3.05) is 0 Å². The van der Waals surface area contributed by atoms with Gasteiger partial charge in [-0.1, -0.05) is 44.2 Å². The maximum absolute atomic E-state index is 10.4. The summed E-state index contributed by atoms with van der Waals surface area (Å²) in [6.07, 6.45) is 3.89. The first-order valence-corrected chi connectivity index (χ1v) is 6.49. The Balaban J connectivity index is 2.57. The van der Waals surface area contributed by atoms with E-state index in [9.17, 15) is 4.79 Å². The van der Waals surface area contributed by atoms with E-state index in [4.69, 9.17) is 5.11 Å². The van der Waals surface area contributed by atoms with Crippen LogP contribution in [0, 0.1) is 0 Å². The lowest BCUT2D eigenvalue weighted by Gasteiger charge is -2.07. The zero-order chi connectivity index (χ0) is 13.5. The lowest BCUT2D eigenvalue weighted by Crippen LogP contribution is -1.92. The van der Waals surface area contributed by atoms with Crippen LogP contribution in [0.3, 0.4) is 0 Å². The Kier molecular flexibility index (Phi) is 5.63. The Morgan fingerprint density at radius 3 is 2.39 bits per heavy atom. The van der Waals surface area contributed by atoms with Crippen molar-refractivity contribution in [1.82, 2.24) is 0 Å². The van der Waals surface area contributed by atoms with Crippen LogP contribution in [-0.2, 0) is 4.79 Å². The second kappa shape index (κ2) is 7.00. The Morgan fingerprint density at radius 2 is 1.89 bits per heavy atom. The van der Waals surface area contributed by atoms with Crippen LogP contribution in [0.2, 0.25) is 0 Å². The van der Waals surface area contributed by atoms with Crippen molar-refractivity contribution in [1.29, 1.82) is 0 Å². The summed E-state index contributed by atoms with van der Waals surface area (Å²) < 4.78 is 0. The average molecular weight is 246 g/mol. The third kappa shape index (κ3) is 4.74. The van der Waals surface area contributed by atoms with Crippen LogP contribution < -0.4 is 0 Å². The highest BCUT2D eigenvalue weighted by Crippen LogP contribution is 2.19. The van der Waals surface area contributed by atoms with Gasteiger partial charge in [0.25, 0.3) is 0 Å². The molecule has 1 N–H and O–H groups in total. The van der Waals surface area contributed by atoms with Gasteiger partial charge in [0.2, 0.25) is 0 Å². The summed E-state index contributed by atoms with van der Waals surface area (Å²) in [5.74, 6) is -0.166. The van der Waals surface area contributed by atoms with Crippen molar-refractivity contribution >= 4 is 11.5 Å². The fourth-order valence-corrected chi connectivity index (χ4v) is 1.82. The molecule has 0 aliphatic rings. The Hall–Kier alpha value is -1.57. The molecule has 0 aliphatic heterocycles. The van der Waals surface area contributed by atoms with Gasteiger partial charge in [-0.3, -0.25) is 4.79 Å². The highest BCUT2D eigenvalue weighted by atomic mass is 16.4. The molecule has 1 aromatic rings. The summed E-state index contributed by atoms with van der Waals surface area (Å²) in [7, 11) is 0. The Morgan fingerprint density at radius 1 is 1.28 bits per heavy atom. The van der Waals surface area contributed by atoms with E-state index >= 15 is 0 Å². The molecule has 0 saturated carbocycles. The molecular weight excluding hydrogens is 224 g/mol. The van der Waals surface area contributed by atoms with Gasteiger partial charge >= 0.3 is 5.97 Å². The first kappa shape index (κ1) is 14.5. The molecule has 18 heavy (non-hydrogen) atoms. The predicted molar refractivity (Wildman–Crippen MR) is 75.7 cm³/mol. The molecule has 0 spiro atoms. The third-order valence-corrected chi connectivity index (χ3v) is 3.08. The van der Waals surface area contributed by atoms with E-state index in [0.29, 0.717) is 12.3 Å². The van der Waals surface area contributed by atoms with Crippen molar-refractivity contribution in [2.45, 2.75) is 46.0 Å². The van der Waals surface area contributed by atoms with Gasteiger partial charge in [0.15, 0.2) is 0 Å². The Bertz CT molecular complexity index is 413. The molecule has 0 amide bonds. The predicted octanol–water partition coefficient (Wildman–Crippen LogP) is 4.47. The maximum atomic E-state index is 10.4. The van der Waals surface area contributed by atoms with Gasteiger partial charge in [-0.15, -0.1) is 0 Å². The fraction of sp³-hybridized carbons (Fsp3) is 0.438. The molecular formula is C16H22O2. The second-order valence-corrected chi connectivity index (χ2v) is 4.95. The van der Waals surface area contributed by atoms with Crippen LogP contribution in [0.4, 0.5) is 0 Å². The van der Waals surface area contributed by atoms with Crippen LogP contribution >= 0.6 is 0 Å². The van der Waals surface area contributed by atoms with E-state index in [1.807, 2.05) is 0 Å². The molecule has 98 valence electrons. The molecule has 0 saturated heterocycles. The van der Waals surface area contributed by atoms with Gasteiger partial charge in [-0.2, -0.15) is 0 Å². The van der Waals surface area contributed by atoms with Crippen LogP contribution in [0.5, 0.6) is 0 Å². The van der Waals surface area contributed by atoms with Crippen LogP contribution in [0.1, 0.15) is 57.1 Å². The summed E-state index contributed by atoms with van der Waals surface area (Å²) >= 11 is 0. The second-order valence-electron chi connectivity index (χ2n) is 4.95. The molecule has 0 unspecified atom stereocenters. The molecule has 1 rings (SSSR count). The van der Waals surface area contributed by atoms with Crippen molar-refractivity contribution in [3.05, 3.63) is 41.5 Å². The zero-order valence-corrected chi connectivity index (χ0v) is 11.4. The normalized spacial score (nSPS) is 11.9. The van der Waals surface area contributed by atoms with E-state index in [1.54, 1.807) is 0 Å². The molecule has 0 heterocycles. The van der Waals surface area contributed by atoms with E-state index in [1.165, 1.54) is 16.7 Å². The third-order valence-electron chi connectivity index (χ3n) is 3.08. The molecule has 0 aliphatic carbocycles. The minimum atomic E-state index is -0.720. The molecule has 0 radical (unpaired) electrons. The number of hydrogen-bond donors (Lipinski definition) is 1. The highest BCUT2D eigenvalue weighted by Gasteiger charge is 2.00. The van der Waals surface area contributed by atoms with Gasteiger partial charge < -0.3 is 5.11 Å². The monoisotopic (exact) mass is 246 g/mol. The summed E-state index contributed by atoms with van der Waals surface area (Å²) in [5, 5.41) is 8.56. The minimum absolute atomic E-state index is 0.246. The SMILES string of the molecule is C/C(=C\CCCC(=O)O)c1ccc(C(C)C)cc1. The number of carboxylic acids is 1. The first-order valence-electron chi connectivity index (χ1n) is 6.49. The topological polar surface area (TPSA) is 37.3 Å².